The van der Waals surface area contributed by atoms with Gasteiger partial charge in [0.2, 0.25) is 0 Å². The molecule has 21 heavy (non-hydrogen) atoms. The summed E-state index contributed by atoms with van der Waals surface area (Å²) in [5, 5.41) is 0. The van der Waals surface area contributed by atoms with Crippen LogP contribution in [0.15, 0.2) is 42.7 Å². The third kappa shape index (κ3) is 3.37. The largest absolute Gasteiger partial charge is 0.357 e. The topological polar surface area (TPSA) is 49.3 Å². The highest BCUT2D eigenvalue weighted by Gasteiger charge is 2.16. The molecule has 110 valence electrons. The summed E-state index contributed by atoms with van der Waals surface area (Å²) in [6, 6.07) is 11.3. The van der Waals surface area contributed by atoms with Gasteiger partial charge in [-0.25, -0.2) is 9.97 Å². The van der Waals surface area contributed by atoms with Gasteiger partial charge in [0.15, 0.2) is 0 Å². The van der Waals surface area contributed by atoms with Crippen LogP contribution < -0.4 is 9.80 Å². The summed E-state index contributed by atoms with van der Waals surface area (Å²) in [7, 11) is 1.75. The average molecular weight is 284 g/mol. The molecule has 0 aliphatic carbocycles. The maximum Gasteiger partial charge on any atom is 0.276 e. The van der Waals surface area contributed by atoms with Gasteiger partial charge in [-0.15, -0.1) is 0 Å². The number of carbonyl (C=O) groups is 1. The molecular weight excluding hydrogens is 264 g/mol. The van der Waals surface area contributed by atoms with Crippen molar-refractivity contribution in [1.29, 1.82) is 0 Å². The van der Waals surface area contributed by atoms with E-state index in [9.17, 15) is 4.79 Å². The summed E-state index contributed by atoms with van der Waals surface area (Å²) in [5.74, 6) is 0.636. The Morgan fingerprint density at radius 3 is 2.38 bits per heavy atom. The van der Waals surface area contributed by atoms with Gasteiger partial charge in [-0.3, -0.25) is 4.79 Å². The molecule has 0 unspecified atom stereocenters. The fraction of sp³-hybridized carbons (Fsp3) is 0.312. The first-order valence-electron chi connectivity index (χ1n) is 7.07. The smallest absolute Gasteiger partial charge is 0.276 e. The van der Waals surface area contributed by atoms with Gasteiger partial charge in [0.1, 0.15) is 17.8 Å². The first-order valence-corrected chi connectivity index (χ1v) is 7.07. The zero-order chi connectivity index (χ0) is 15.2. The SMILES string of the molecule is CCN(CC)c1cc(C(=O)N(C)c2ccccc2)ncn1. The second-order valence-corrected chi connectivity index (χ2v) is 4.63. The van der Waals surface area contributed by atoms with Gasteiger partial charge in [0.05, 0.1) is 0 Å². The summed E-state index contributed by atoms with van der Waals surface area (Å²) in [6.07, 6.45) is 1.44. The van der Waals surface area contributed by atoms with Crippen LogP contribution in [0.3, 0.4) is 0 Å². The molecule has 0 saturated carbocycles. The van der Waals surface area contributed by atoms with Crippen LogP contribution in [0.4, 0.5) is 11.5 Å². The van der Waals surface area contributed by atoms with Gasteiger partial charge in [-0.1, -0.05) is 18.2 Å². The van der Waals surface area contributed by atoms with Crippen LogP contribution in [0.25, 0.3) is 0 Å². The van der Waals surface area contributed by atoms with Crippen molar-refractivity contribution in [2.75, 3.05) is 29.9 Å². The van der Waals surface area contributed by atoms with E-state index in [4.69, 9.17) is 0 Å². The van der Waals surface area contributed by atoms with E-state index in [0.29, 0.717) is 5.69 Å². The maximum absolute atomic E-state index is 12.5. The Hall–Kier alpha value is -2.43. The average Bonchev–Trinajstić information content (AvgIpc) is 2.56. The van der Waals surface area contributed by atoms with Gasteiger partial charge < -0.3 is 9.80 Å². The highest BCUT2D eigenvalue weighted by atomic mass is 16.2. The van der Waals surface area contributed by atoms with Gasteiger partial charge >= 0.3 is 0 Å². The number of rotatable bonds is 5. The first-order chi connectivity index (χ1) is 10.2. The van der Waals surface area contributed by atoms with Gasteiger partial charge in [0.25, 0.3) is 5.91 Å². The molecule has 2 aromatic rings. The van der Waals surface area contributed by atoms with Gasteiger partial charge in [0, 0.05) is 31.9 Å². The minimum Gasteiger partial charge on any atom is -0.357 e. The lowest BCUT2D eigenvalue weighted by Crippen LogP contribution is -2.28. The third-order valence-corrected chi connectivity index (χ3v) is 3.41. The second kappa shape index (κ2) is 6.83. The van der Waals surface area contributed by atoms with Crippen LogP contribution >= 0.6 is 0 Å². The Morgan fingerprint density at radius 2 is 1.76 bits per heavy atom. The van der Waals surface area contributed by atoms with Crippen molar-refractivity contribution < 1.29 is 4.79 Å². The molecule has 0 aliphatic rings. The van der Waals surface area contributed by atoms with Crippen LogP contribution in [-0.2, 0) is 0 Å². The van der Waals surface area contributed by atoms with E-state index in [-0.39, 0.29) is 5.91 Å². The zero-order valence-corrected chi connectivity index (χ0v) is 12.7. The third-order valence-electron chi connectivity index (χ3n) is 3.41. The molecule has 0 radical (unpaired) electrons. The van der Waals surface area contributed by atoms with Crippen LogP contribution in [0.2, 0.25) is 0 Å². The number of aromatic nitrogens is 2. The van der Waals surface area contributed by atoms with E-state index in [0.717, 1.165) is 24.6 Å². The molecule has 0 fully saturated rings. The molecule has 0 saturated heterocycles. The minimum atomic E-state index is -0.142. The summed E-state index contributed by atoms with van der Waals surface area (Å²) in [4.78, 5) is 24.5. The number of amides is 1. The monoisotopic (exact) mass is 284 g/mol. The Labute approximate surface area is 125 Å². The first kappa shape index (κ1) is 15.0. The molecule has 0 bridgehead atoms. The molecule has 1 heterocycles. The number of benzene rings is 1. The number of nitrogens with zero attached hydrogens (tertiary/aromatic N) is 4. The van der Waals surface area contributed by atoms with Crippen molar-refractivity contribution >= 4 is 17.4 Å². The van der Waals surface area contributed by atoms with Crippen LogP contribution in [0, 0.1) is 0 Å². The van der Waals surface area contributed by atoms with Gasteiger partial charge in [-0.2, -0.15) is 0 Å². The Morgan fingerprint density at radius 1 is 1.10 bits per heavy atom. The Bertz CT molecular complexity index is 596. The summed E-state index contributed by atoms with van der Waals surface area (Å²) >= 11 is 0. The lowest BCUT2D eigenvalue weighted by molar-refractivity contribution is 0.0988. The molecule has 1 amide bonds. The molecular formula is C16H20N4O. The normalized spacial score (nSPS) is 10.2. The predicted molar refractivity (Wildman–Crippen MR) is 84.8 cm³/mol. The number of para-hydroxylation sites is 1. The molecule has 5 nitrogen and oxygen atoms in total. The van der Waals surface area contributed by atoms with Crippen LogP contribution in [0.1, 0.15) is 24.3 Å². The zero-order valence-electron chi connectivity index (χ0n) is 12.7. The Kier molecular flexibility index (Phi) is 4.87. The van der Waals surface area contributed by atoms with Crippen molar-refractivity contribution in [3.63, 3.8) is 0 Å². The van der Waals surface area contributed by atoms with Crippen molar-refractivity contribution in [2.45, 2.75) is 13.8 Å². The number of carbonyl (C=O) groups excluding carboxylic acids is 1. The lowest BCUT2D eigenvalue weighted by atomic mass is 10.2. The summed E-state index contributed by atoms with van der Waals surface area (Å²) < 4.78 is 0. The van der Waals surface area contributed by atoms with Crippen molar-refractivity contribution in [3.05, 3.63) is 48.4 Å². The molecule has 0 spiro atoms. The van der Waals surface area contributed by atoms with E-state index in [1.807, 2.05) is 30.3 Å². The highest BCUT2D eigenvalue weighted by Crippen LogP contribution is 2.16. The Balaban J connectivity index is 2.25. The standard InChI is InChI=1S/C16H20N4O/c1-4-20(5-2)15-11-14(17-12-18-15)16(21)19(3)13-9-7-6-8-10-13/h6-12H,4-5H2,1-3H3. The molecule has 2 rings (SSSR count). The highest BCUT2D eigenvalue weighted by molar-refractivity contribution is 6.04. The van der Waals surface area contributed by atoms with E-state index < -0.39 is 0 Å². The predicted octanol–water partition coefficient (Wildman–Crippen LogP) is 2.60. The summed E-state index contributed by atoms with van der Waals surface area (Å²) in [5.41, 5.74) is 1.24. The number of hydrogen-bond donors (Lipinski definition) is 0. The maximum atomic E-state index is 12.5. The van der Waals surface area contributed by atoms with Crippen molar-refractivity contribution in [1.82, 2.24) is 9.97 Å². The molecule has 1 aromatic carbocycles. The van der Waals surface area contributed by atoms with Crippen LogP contribution in [-0.4, -0.2) is 36.0 Å². The summed E-state index contributed by atoms with van der Waals surface area (Å²) in [6.45, 7) is 5.80. The fourth-order valence-electron chi connectivity index (χ4n) is 2.13. The molecule has 0 atom stereocenters. The second-order valence-electron chi connectivity index (χ2n) is 4.63. The number of hydrogen-bond acceptors (Lipinski definition) is 4. The minimum absolute atomic E-state index is 0.142. The number of anilines is 2. The van der Waals surface area contributed by atoms with Gasteiger partial charge in [-0.05, 0) is 26.0 Å². The van der Waals surface area contributed by atoms with Crippen molar-refractivity contribution in [2.24, 2.45) is 0 Å². The quantitative estimate of drug-likeness (QED) is 0.847. The van der Waals surface area contributed by atoms with Crippen molar-refractivity contribution in [3.8, 4) is 0 Å². The molecule has 1 aromatic heterocycles. The lowest BCUT2D eigenvalue weighted by Gasteiger charge is -2.21. The van der Waals surface area contributed by atoms with Crippen LogP contribution in [0.5, 0.6) is 0 Å². The molecule has 0 aliphatic heterocycles. The van der Waals surface area contributed by atoms with E-state index in [1.165, 1.54) is 6.33 Å². The van der Waals surface area contributed by atoms with E-state index in [2.05, 4.69) is 28.7 Å². The van der Waals surface area contributed by atoms with E-state index >= 15 is 0 Å². The van der Waals surface area contributed by atoms with E-state index in [1.54, 1.807) is 18.0 Å². The molecule has 0 N–H and O–H groups in total. The molecule has 5 heteroatoms. The fourth-order valence-corrected chi connectivity index (χ4v) is 2.13.